The van der Waals surface area contributed by atoms with Crippen LogP contribution in [0.25, 0.3) is 0 Å². The molecule has 2 aliphatic heterocycles. The first-order valence-corrected chi connectivity index (χ1v) is 9.20. The van der Waals surface area contributed by atoms with Crippen LogP contribution in [0.5, 0.6) is 0 Å². The van der Waals surface area contributed by atoms with Crippen molar-refractivity contribution in [1.82, 2.24) is 5.32 Å². The summed E-state index contributed by atoms with van der Waals surface area (Å²) in [6, 6.07) is 5.25. The van der Waals surface area contributed by atoms with E-state index in [1.54, 1.807) is 39.0 Å². The second-order valence-electron chi connectivity index (χ2n) is 7.89. The van der Waals surface area contributed by atoms with Gasteiger partial charge in [-0.3, -0.25) is 4.79 Å². The Kier molecular flexibility index (Phi) is 5.66. The minimum Gasteiger partial charge on any atom is -0.460 e. The molecule has 0 amide bonds. The van der Waals surface area contributed by atoms with E-state index < -0.39 is 41.8 Å². The van der Waals surface area contributed by atoms with Crippen molar-refractivity contribution in [1.29, 1.82) is 0 Å². The minimum absolute atomic E-state index is 0.162. The van der Waals surface area contributed by atoms with Gasteiger partial charge in [0.1, 0.15) is 12.0 Å². The van der Waals surface area contributed by atoms with Crippen LogP contribution in [0.15, 0.2) is 18.2 Å². The lowest BCUT2D eigenvalue weighted by Crippen LogP contribution is -2.41. The van der Waals surface area contributed by atoms with Gasteiger partial charge in [-0.25, -0.2) is 14.9 Å². The first-order valence-electron chi connectivity index (χ1n) is 9.20. The van der Waals surface area contributed by atoms with Gasteiger partial charge < -0.3 is 23.7 Å². The van der Waals surface area contributed by atoms with Crippen molar-refractivity contribution < 1.29 is 38.1 Å². The summed E-state index contributed by atoms with van der Waals surface area (Å²) in [7, 11) is 2.89. The average Bonchev–Trinajstić information content (AvgIpc) is 2.74. The van der Waals surface area contributed by atoms with Crippen LogP contribution in [0, 0.1) is 0 Å². The van der Waals surface area contributed by atoms with Gasteiger partial charge in [-0.2, -0.15) is 0 Å². The van der Waals surface area contributed by atoms with Crippen LogP contribution in [-0.4, -0.2) is 44.0 Å². The van der Waals surface area contributed by atoms with E-state index in [4.69, 9.17) is 23.7 Å². The van der Waals surface area contributed by atoms with Gasteiger partial charge in [0.25, 0.3) is 0 Å². The van der Waals surface area contributed by atoms with Crippen LogP contribution in [0.2, 0.25) is 0 Å². The van der Waals surface area contributed by atoms with Gasteiger partial charge >= 0.3 is 17.9 Å². The van der Waals surface area contributed by atoms with Crippen molar-refractivity contribution in [2.75, 3.05) is 14.2 Å². The molecule has 1 aromatic rings. The molecule has 3 rings (SSSR count). The van der Waals surface area contributed by atoms with Crippen molar-refractivity contribution >= 4 is 17.9 Å². The van der Waals surface area contributed by atoms with Gasteiger partial charge in [0.2, 0.25) is 5.79 Å². The highest BCUT2D eigenvalue weighted by Crippen LogP contribution is 2.36. The number of ether oxygens (including phenoxy) is 5. The Morgan fingerprint density at radius 2 is 1.79 bits per heavy atom. The lowest BCUT2D eigenvalue weighted by molar-refractivity contribution is -0.227. The maximum absolute atomic E-state index is 12.4. The number of hydrogen-bond donors (Lipinski definition) is 1. The minimum atomic E-state index is -1.36. The first kappa shape index (κ1) is 21.2. The molecule has 0 aliphatic carbocycles. The molecule has 2 unspecified atom stereocenters. The summed E-state index contributed by atoms with van der Waals surface area (Å²) >= 11 is 0. The Morgan fingerprint density at radius 3 is 2.41 bits per heavy atom. The standard InChI is InChI=1S/C20H25NO8/c1-19(2,3)29-15(22)10-20(25-4,26-5)12-6-7-13-11(8-12)9-14-21-16(13)28-18(24)17(23)27-14/h6-8,14,16,21H,9-10H2,1-5H3. The molecule has 2 atom stereocenters. The molecular formula is C20H25NO8. The van der Waals surface area contributed by atoms with E-state index in [2.05, 4.69) is 5.32 Å². The van der Waals surface area contributed by atoms with Gasteiger partial charge in [0.05, 0.1) is 0 Å². The van der Waals surface area contributed by atoms with Crippen LogP contribution in [0.3, 0.4) is 0 Å². The van der Waals surface area contributed by atoms with E-state index in [0.29, 0.717) is 17.5 Å². The van der Waals surface area contributed by atoms with Gasteiger partial charge in [-0.15, -0.1) is 0 Å². The number of rotatable bonds is 5. The number of fused-ring (bicyclic) bond motifs is 4. The Balaban J connectivity index is 1.92. The summed E-state index contributed by atoms with van der Waals surface area (Å²) in [6.45, 7) is 5.34. The summed E-state index contributed by atoms with van der Waals surface area (Å²) in [6.07, 6.45) is -1.35. The van der Waals surface area contributed by atoms with Crippen molar-refractivity contribution in [2.45, 2.75) is 57.5 Å². The number of methoxy groups -OCH3 is 2. The summed E-state index contributed by atoms with van der Waals surface area (Å²) in [5.41, 5.74) is 1.41. The monoisotopic (exact) mass is 407 g/mol. The quantitative estimate of drug-likeness (QED) is 0.335. The third-order valence-electron chi connectivity index (χ3n) is 4.71. The molecule has 158 valence electrons. The Hall–Kier alpha value is -2.49. The number of benzene rings is 1. The summed E-state index contributed by atoms with van der Waals surface area (Å²) in [5, 5.41) is 2.95. The van der Waals surface area contributed by atoms with Crippen molar-refractivity contribution in [3.63, 3.8) is 0 Å². The predicted molar refractivity (Wildman–Crippen MR) is 98.2 cm³/mol. The molecule has 1 saturated heterocycles. The normalized spacial score (nSPS) is 21.6. The topological polar surface area (TPSA) is 109 Å². The molecule has 2 bridgehead atoms. The number of nitrogens with one attached hydrogen (secondary N) is 1. The maximum atomic E-state index is 12.4. The molecule has 29 heavy (non-hydrogen) atoms. The fraction of sp³-hybridized carbons (Fsp3) is 0.550. The SMILES string of the molecule is COC(CC(=O)OC(C)(C)C)(OC)c1ccc2c(c1)CC1NC2OC(=O)C(=O)O1. The van der Waals surface area contributed by atoms with Crippen molar-refractivity contribution in [3.8, 4) is 0 Å². The summed E-state index contributed by atoms with van der Waals surface area (Å²) in [4.78, 5) is 35.8. The molecule has 0 saturated carbocycles. The molecule has 1 fully saturated rings. The Labute approximate surface area is 168 Å². The predicted octanol–water partition coefficient (Wildman–Crippen LogP) is 1.43. The molecule has 9 nitrogen and oxygen atoms in total. The van der Waals surface area contributed by atoms with Crippen LogP contribution >= 0.6 is 0 Å². The lowest BCUT2D eigenvalue weighted by atomic mass is 9.92. The number of hydrogen-bond acceptors (Lipinski definition) is 9. The average molecular weight is 407 g/mol. The third-order valence-corrected chi connectivity index (χ3v) is 4.71. The smallest absolute Gasteiger partial charge is 0.419 e. The molecule has 0 aromatic heterocycles. The summed E-state index contributed by atoms with van der Waals surface area (Å²) in [5.74, 6) is -3.92. The zero-order chi connectivity index (χ0) is 21.4. The molecule has 2 aliphatic rings. The van der Waals surface area contributed by atoms with E-state index in [1.807, 2.05) is 0 Å². The van der Waals surface area contributed by atoms with Gasteiger partial charge in [0, 0.05) is 31.8 Å². The molecule has 0 radical (unpaired) electrons. The molecule has 1 aromatic carbocycles. The Morgan fingerprint density at radius 1 is 1.14 bits per heavy atom. The largest absolute Gasteiger partial charge is 0.460 e. The van der Waals surface area contributed by atoms with E-state index in [9.17, 15) is 14.4 Å². The van der Waals surface area contributed by atoms with Crippen LogP contribution in [-0.2, 0) is 50.3 Å². The van der Waals surface area contributed by atoms with E-state index in [1.165, 1.54) is 14.2 Å². The number of carbonyl (C=O) groups excluding carboxylic acids is 3. The van der Waals surface area contributed by atoms with Crippen molar-refractivity contribution in [3.05, 3.63) is 34.9 Å². The fourth-order valence-electron chi connectivity index (χ4n) is 3.43. The van der Waals surface area contributed by atoms with Crippen molar-refractivity contribution in [2.24, 2.45) is 0 Å². The molecule has 2 heterocycles. The highest BCUT2D eigenvalue weighted by molar-refractivity contribution is 6.29. The van der Waals surface area contributed by atoms with Gasteiger partial charge in [0.15, 0.2) is 12.5 Å². The molecule has 0 spiro atoms. The zero-order valence-corrected chi connectivity index (χ0v) is 17.1. The number of carbonyl (C=O) groups is 3. The van der Waals surface area contributed by atoms with Crippen LogP contribution in [0.4, 0.5) is 0 Å². The van der Waals surface area contributed by atoms with Gasteiger partial charge in [-0.1, -0.05) is 12.1 Å². The summed E-state index contributed by atoms with van der Waals surface area (Å²) < 4.78 is 26.8. The first-order chi connectivity index (χ1) is 13.6. The molecule has 1 N–H and O–H groups in total. The van der Waals surface area contributed by atoms with E-state index in [-0.39, 0.29) is 6.42 Å². The van der Waals surface area contributed by atoms with Crippen LogP contribution in [0.1, 0.15) is 50.1 Å². The fourth-order valence-corrected chi connectivity index (χ4v) is 3.43. The van der Waals surface area contributed by atoms with Gasteiger partial charge in [-0.05, 0) is 32.4 Å². The number of esters is 3. The molecule has 9 heteroatoms. The third kappa shape index (κ3) is 4.42. The molecular weight excluding hydrogens is 382 g/mol. The highest BCUT2D eigenvalue weighted by atomic mass is 16.7. The highest BCUT2D eigenvalue weighted by Gasteiger charge is 2.41. The zero-order valence-electron chi connectivity index (χ0n) is 17.1. The maximum Gasteiger partial charge on any atom is 0.419 e. The second-order valence-corrected chi connectivity index (χ2v) is 7.89. The van der Waals surface area contributed by atoms with Crippen LogP contribution < -0.4 is 5.32 Å². The second kappa shape index (κ2) is 7.74. The van der Waals surface area contributed by atoms with E-state index in [0.717, 1.165) is 5.56 Å². The van der Waals surface area contributed by atoms with E-state index >= 15 is 0 Å². The lowest BCUT2D eigenvalue weighted by Gasteiger charge is -2.34. The Bertz CT molecular complexity index is 824.